The molecule has 0 radical (unpaired) electrons. The summed E-state index contributed by atoms with van der Waals surface area (Å²) in [6.07, 6.45) is 3.77. The van der Waals surface area contributed by atoms with Gasteiger partial charge in [-0.15, -0.1) is 0 Å². The van der Waals surface area contributed by atoms with Crippen molar-refractivity contribution in [1.29, 1.82) is 0 Å². The van der Waals surface area contributed by atoms with Gasteiger partial charge in [0.15, 0.2) is 0 Å². The van der Waals surface area contributed by atoms with Crippen LogP contribution < -0.4 is 14.8 Å². The number of nitrogens with zero attached hydrogens (tertiary/aromatic N) is 1. The number of carbonyl (C=O) groups excluding carboxylic acids is 1. The highest BCUT2D eigenvalue weighted by atomic mass is 32.2. The second-order valence-electron chi connectivity index (χ2n) is 8.17. The highest BCUT2D eigenvalue weighted by Gasteiger charge is 2.24. The molecule has 0 aliphatic carbocycles. The van der Waals surface area contributed by atoms with E-state index in [1.54, 1.807) is 19.2 Å². The van der Waals surface area contributed by atoms with Gasteiger partial charge in [0.2, 0.25) is 10.0 Å². The summed E-state index contributed by atoms with van der Waals surface area (Å²) in [5.41, 5.74) is 1.52. The number of sulfonamides is 1. The monoisotopic (exact) mass is 483 g/mol. The number of furan rings is 1. The summed E-state index contributed by atoms with van der Waals surface area (Å²) in [5.74, 6) is 1.07. The van der Waals surface area contributed by atoms with E-state index < -0.39 is 10.0 Å². The average molecular weight is 484 g/mol. The summed E-state index contributed by atoms with van der Waals surface area (Å²) < 4.78 is 37.9. The minimum absolute atomic E-state index is 0.0564. The number of ether oxygens (including phenoxy) is 1. The lowest BCUT2D eigenvalue weighted by molar-refractivity contribution is 0.0937. The Bertz CT molecular complexity index is 1170. The molecule has 2 aromatic carbocycles. The molecule has 2 N–H and O–H groups in total. The first-order valence-corrected chi connectivity index (χ1v) is 12.7. The number of nitrogens with one attached hydrogen (secondary N) is 2. The summed E-state index contributed by atoms with van der Waals surface area (Å²) >= 11 is 0. The van der Waals surface area contributed by atoms with Crippen LogP contribution in [0, 0.1) is 0 Å². The Labute approximate surface area is 200 Å². The van der Waals surface area contributed by atoms with Crippen LogP contribution in [0.1, 0.15) is 40.6 Å². The van der Waals surface area contributed by atoms with Gasteiger partial charge in [-0.25, -0.2) is 13.1 Å². The van der Waals surface area contributed by atoms with E-state index in [-0.39, 0.29) is 23.4 Å². The lowest BCUT2D eigenvalue weighted by Gasteiger charge is -2.28. The Morgan fingerprint density at radius 3 is 2.38 bits per heavy atom. The Balaban J connectivity index is 1.39. The molecule has 0 bridgehead atoms. The van der Waals surface area contributed by atoms with Crippen LogP contribution in [0.3, 0.4) is 0 Å². The van der Waals surface area contributed by atoms with Crippen LogP contribution in [0.4, 0.5) is 0 Å². The van der Waals surface area contributed by atoms with Gasteiger partial charge in [0, 0.05) is 12.1 Å². The lowest BCUT2D eigenvalue weighted by atomic mass is 10.0. The van der Waals surface area contributed by atoms with E-state index >= 15 is 0 Å². The van der Waals surface area contributed by atoms with Gasteiger partial charge in [-0.1, -0.05) is 12.1 Å². The fraction of sp³-hybridized carbons (Fsp3) is 0.320. The highest BCUT2D eigenvalue weighted by molar-refractivity contribution is 7.89. The molecule has 3 aromatic rings. The van der Waals surface area contributed by atoms with Crippen molar-refractivity contribution in [2.24, 2.45) is 0 Å². The van der Waals surface area contributed by atoms with Gasteiger partial charge < -0.3 is 14.5 Å². The van der Waals surface area contributed by atoms with Crippen LogP contribution >= 0.6 is 0 Å². The number of benzene rings is 2. The topological polar surface area (TPSA) is 101 Å². The zero-order valence-corrected chi connectivity index (χ0v) is 19.9. The van der Waals surface area contributed by atoms with Gasteiger partial charge in [-0.3, -0.25) is 9.69 Å². The standard InChI is InChI=1S/C25H29N3O5S/c1-32-21-10-6-19(7-11-21)24(28-14-2-3-15-28)18-26-25(29)20-8-12-23(13-9-20)34(30,31)27-17-22-5-4-16-33-22/h4-13,16,24,27H,2-3,14-15,17-18H2,1H3,(H,26,29)/t24-/m0/s1. The van der Waals surface area contributed by atoms with E-state index in [4.69, 9.17) is 9.15 Å². The zero-order chi connectivity index (χ0) is 24.0. The second kappa shape index (κ2) is 10.9. The first-order chi connectivity index (χ1) is 16.5. The average Bonchev–Trinajstić information content (AvgIpc) is 3.58. The molecule has 8 nitrogen and oxygen atoms in total. The van der Waals surface area contributed by atoms with E-state index in [0.717, 1.165) is 37.2 Å². The predicted molar refractivity (Wildman–Crippen MR) is 128 cm³/mol. The SMILES string of the molecule is COc1ccc([C@H](CNC(=O)c2ccc(S(=O)(=O)NCc3ccco3)cc2)N2CCCC2)cc1. The Hall–Kier alpha value is -3.14. The summed E-state index contributed by atoms with van der Waals surface area (Å²) in [5, 5.41) is 3.02. The van der Waals surface area contributed by atoms with Gasteiger partial charge in [0.05, 0.1) is 30.9 Å². The number of rotatable bonds is 10. The van der Waals surface area contributed by atoms with Gasteiger partial charge in [-0.05, 0) is 80.0 Å². The Morgan fingerprint density at radius 2 is 1.76 bits per heavy atom. The van der Waals surface area contributed by atoms with E-state index in [1.807, 2.05) is 24.3 Å². The fourth-order valence-corrected chi connectivity index (χ4v) is 5.07. The summed E-state index contributed by atoms with van der Waals surface area (Å²) in [6.45, 7) is 2.49. The highest BCUT2D eigenvalue weighted by Crippen LogP contribution is 2.26. The number of hydrogen-bond donors (Lipinski definition) is 2. The number of hydrogen-bond acceptors (Lipinski definition) is 6. The van der Waals surface area contributed by atoms with Gasteiger partial charge >= 0.3 is 0 Å². The molecule has 1 saturated heterocycles. The smallest absolute Gasteiger partial charge is 0.251 e. The molecule has 34 heavy (non-hydrogen) atoms. The minimum atomic E-state index is -3.72. The molecular weight excluding hydrogens is 454 g/mol. The predicted octanol–water partition coefficient (Wildman–Crippen LogP) is 3.33. The van der Waals surface area contributed by atoms with Crippen molar-refractivity contribution in [3.8, 4) is 5.75 Å². The molecule has 1 amide bonds. The van der Waals surface area contributed by atoms with Crippen LogP contribution in [0.25, 0.3) is 0 Å². The maximum Gasteiger partial charge on any atom is 0.251 e. The fourth-order valence-electron chi connectivity index (χ4n) is 4.08. The Morgan fingerprint density at radius 1 is 1.06 bits per heavy atom. The lowest BCUT2D eigenvalue weighted by Crippen LogP contribution is -2.36. The molecule has 2 heterocycles. The largest absolute Gasteiger partial charge is 0.497 e. The molecule has 1 aliphatic rings. The van der Waals surface area contributed by atoms with Crippen molar-refractivity contribution < 1.29 is 22.4 Å². The molecular formula is C25H29N3O5S. The molecule has 1 fully saturated rings. The van der Waals surface area contributed by atoms with Gasteiger partial charge in [0.1, 0.15) is 11.5 Å². The number of likely N-dealkylation sites (tertiary alicyclic amines) is 1. The van der Waals surface area contributed by atoms with Crippen LogP contribution in [0.5, 0.6) is 5.75 Å². The number of amides is 1. The van der Waals surface area contributed by atoms with Crippen molar-refractivity contribution >= 4 is 15.9 Å². The first kappa shape index (κ1) is 24.0. The quantitative estimate of drug-likeness (QED) is 0.459. The van der Waals surface area contributed by atoms with E-state index in [0.29, 0.717) is 17.9 Å². The van der Waals surface area contributed by atoms with Crippen LogP contribution in [-0.4, -0.2) is 46.0 Å². The molecule has 9 heteroatoms. The summed E-state index contributed by atoms with van der Waals surface area (Å²) in [7, 11) is -2.08. The molecule has 1 aliphatic heterocycles. The van der Waals surface area contributed by atoms with Crippen molar-refractivity contribution in [3.05, 3.63) is 83.8 Å². The number of methoxy groups -OCH3 is 1. The molecule has 0 spiro atoms. The number of carbonyl (C=O) groups is 1. The normalized spacial score (nSPS) is 15.2. The Kier molecular flexibility index (Phi) is 7.66. The van der Waals surface area contributed by atoms with Crippen LogP contribution in [-0.2, 0) is 16.6 Å². The second-order valence-corrected chi connectivity index (χ2v) is 9.94. The van der Waals surface area contributed by atoms with Crippen LogP contribution in [0.2, 0.25) is 0 Å². The van der Waals surface area contributed by atoms with E-state index in [1.165, 1.54) is 30.5 Å². The van der Waals surface area contributed by atoms with Crippen molar-refractivity contribution in [3.63, 3.8) is 0 Å². The minimum Gasteiger partial charge on any atom is -0.497 e. The third-order valence-electron chi connectivity index (χ3n) is 5.98. The molecule has 0 unspecified atom stereocenters. The third kappa shape index (κ3) is 5.85. The molecule has 0 saturated carbocycles. The molecule has 4 rings (SSSR count). The van der Waals surface area contributed by atoms with Crippen molar-refractivity contribution in [2.45, 2.75) is 30.3 Å². The zero-order valence-electron chi connectivity index (χ0n) is 19.1. The molecule has 180 valence electrons. The third-order valence-corrected chi connectivity index (χ3v) is 7.40. The summed E-state index contributed by atoms with van der Waals surface area (Å²) in [4.78, 5) is 15.3. The molecule has 1 aromatic heterocycles. The first-order valence-electron chi connectivity index (χ1n) is 11.2. The summed E-state index contributed by atoms with van der Waals surface area (Å²) in [6, 6.07) is 17.3. The molecule has 1 atom stereocenters. The van der Waals surface area contributed by atoms with E-state index in [9.17, 15) is 13.2 Å². The van der Waals surface area contributed by atoms with Gasteiger partial charge in [-0.2, -0.15) is 0 Å². The van der Waals surface area contributed by atoms with Crippen molar-refractivity contribution in [1.82, 2.24) is 14.9 Å². The van der Waals surface area contributed by atoms with Gasteiger partial charge in [0.25, 0.3) is 5.91 Å². The van der Waals surface area contributed by atoms with Crippen molar-refractivity contribution in [2.75, 3.05) is 26.7 Å². The van der Waals surface area contributed by atoms with E-state index in [2.05, 4.69) is 14.9 Å². The van der Waals surface area contributed by atoms with Crippen LogP contribution in [0.15, 0.2) is 76.2 Å². The maximum atomic E-state index is 12.8. The maximum absolute atomic E-state index is 12.8.